The van der Waals surface area contributed by atoms with Gasteiger partial charge >= 0.3 is 5.97 Å². The normalized spacial score (nSPS) is 16.7. The van der Waals surface area contributed by atoms with Gasteiger partial charge in [0.1, 0.15) is 12.3 Å². The first kappa shape index (κ1) is 15.3. The molecule has 3 rings (SSSR count). The summed E-state index contributed by atoms with van der Waals surface area (Å²) in [7, 11) is 0. The summed E-state index contributed by atoms with van der Waals surface area (Å²) in [4.78, 5) is 27.8. The molecule has 0 aliphatic heterocycles. The van der Waals surface area contributed by atoms with Gasteiger partial charge < -0.3 is 9.72 Å². The number of hydrogen-bond acceptors (Lipinski definition) is 3. The third-order valence-corrected chi connectivity index (χ3v) is 4.30. The first-order valence-electron chi connectivity index (χ1n) is 7.69. The van der Waals surface area contributed by atoms with E-state index in [4.69, 9.17) is 4.74 Å². The molecule has 1 aromatic carbocycles. The molecule has 2 aromatic rings. The molecule has 0 bridgehead atoms. The number of H-pyrrole nitrogens is 1. The molecule has 1 aliphatic carbocycles. The number of rotatable bonds is 4. The van der Waals surface area contributed by atoms with Gasteiger partial charge in [-0.05, 0) is 30.4 Å². The lowest BCUT2D eigenvalue weighted by molar-refractivity contribution is 0.0542. The second-order valence-electron chi connectivity index (χ2n) is 5.80. The van der Waals surface area contributed by atoms with E-state index in [0.717, 1.165) is 17.7 Å². The van der Waals surface area contributed by atoms with Gasteiger partial charge in [0.15, 0.2) is 5.78 Å². The van der Waals surface area contributed by atoms with E-state index in [1.807, 2.05) is 30.3 Å². The lowest BCUT2D eigenvalue weighted by Crippen LogP contribution is -2.18. The molecule has 4 nitrogen and oxygen atoms in total. The van der Waals surface area contributed by atoms with Crippen LogP contribution in [0.25, 0.3) is 0 Å². The molecule has 1 atom stereocenters. The number of benzene rings is 1. The number of fused-ring (bicyclic) bond motifs is 1. The van der Waals surface area contributed by atoms with Crippen LogP contribution in [0.3, 0.4) is 0 Å². The molecule has 1 heterocycles. The van der Waals surface area contributed by atoms with E-state index in [2.05, 4.69) is 11.6 Å². The quantitative estimate of drug-likeness (QED) is 0.693. The van der Waals surface area contributed by atoms with Gasteiger partial charge in [0, 0.05) is 17.7 Å². The van der Waals surface area contributed by atoms with E-state index >= 15 is 0 Å². The van der Waals surface area contributed by atoms with Gasteiger partial charge in [0.25, 0.3) is 0 Å². The summed E-state index contributed by atoms with van der Waals surface area (Å²) < 4.78 is 5.08. The molecule has 1 aliphatic rings. The van der Waals surface area contributed by atoms with Crippen LogP contribution < -0.4 is 0 Å². The van der Waals surface area contributed by atoms with Crippen LogP contribution in [-0.2, 0) is 11.2 Å². The maximum absolute atomic E-state index is 12.6. The summed E-state index contributed by atoms with van der Waals surface area (Å²) in [5.41, 5.74) is 3.69. The first-order chi connectivity index (χ1) is 11.1. The van der Waals surface area contributed by atoms with Crippen LogP contribution >= 0.6 is 0 Å². The predicted octanol–water partition coefficient (Wildman–Crippen LogP) is 3.58. The zero-order valence-electron chi connectivity index (χ0n) is 13.1. The molecule has 0 unspecified atom stereocenters. The molecule has 0 fully saturated rings. The van der Waals surface area contributed by atoms with Crippen molar-refractivity contribution in [2.45, 2.75) is 25.7 Å². The van der Waals surface area contributed by atoms with E-state index in [1.54, 1.807) is 6.92 Å². The number of ketones is 1. The Balaban J connectivity index is 1.92. The standard InChI is InChI=1S/C19H19NO3/c1-3-9-23-19(22)18-12(2)17-15(20-18)10-14(11-16(17)21)13-7-5-4-6-8-13/h3-8,14,20H,1,9-11H2,2H3/t14-/m0/s1. The Kier molecular flexibility index (Phi) is 4.15. The van der Waals surface area contributed by atoms with Gasteiger partial charge in [-0.1, -0.05) is 43.0 Å². The number of nitrogens with one attached hydrogen (secondary N) is 1. The Morgan fingerprint density at radius 2 is 2.09 bits per heavy atom. The van der Waals surface area contributed by atoms with E-state index in [-0.39, 0.29) is 18.3 Å². The van der Waals surface area contributed by atoms with Crippen LogP contribution in [0.2, 0.25) is 0 Å². The zero-order chi connectivity index (χ0) is 16.4. The van der Waals surface area contributed by atoms with Crippen molar-refractivity contribution >= 4 is 11.8 Å². The molecule has 1 aromatic heterocycles. The number of aromatic nitrogens is 1. The van der Waals surface area contributed by atoms with E-state index in [1.165, 1.54) is 6.08 Å². The Labute approximate surface area is 135 Å². The van der Waals surface area contributed by atoms with E-state index in [0.29, 0.717) is 23.2 Å². The third kappa shape index (κ3) is 2.84. The number of esters is 1. The summed E-state index contributed by atoms with van der Waals surface area (Å²) in [5.74, 6) is -0.219. The number of carbonyl (C=O) groups is 2. The molecular formula is C19H19NO3. The van der Waals surface area contributed by atoms with Crippen molar-refractivity contribution < 1.29 is 14.3 Å². The van der Waals surface area contributed by atoms with Crippen LogP contribution in [0.15, 0.2) is 43.0 Å². The van der Waals surface area contributed by atoms with Crippen LogP contribution in [-0.4, -0.2) is 23.3 Å². The third-order valence-electron chi connectivity index (χ3n) is 4.30. The molecule has 23 heavy (non-hydrogen) atoms. The molecule has 1 N–H and O–H groups in total. The summed E-state index contributed by atoms with van der Waals surface area (Å²) in [6.07, 6.45) is 2.71. The van der Waals surface area contributed by atoms with Crippen LogP contribution in [0.1, 0.15) is 50.0 Å². The summed E-state index contributed by atoms with van der Waals surface area (Å²) in [6.45, 7) is 5.48. The van der Waals surface area contributed by atoms with Crippen molar-refractivity contribution in [3.63, 3.8) is 0 Å². The van der Waals surface area contributed by atoms with Crippen molar-refractivity contribution in [3.05, 3.63) is 71.1 Å². The van der Waals surface area contributed by atoms with Crippen molar-refractivity contribution in [1.82, 2.24) is 4.98 Å². The average Bonchev–Trinajstić information content (AvgIpc) is 2.91. The van der Waals surface area contributed by atoms with Crippen molar-refractivity contribution in [1.29, 1.82) is 0 Å². The second-order valence-corrected chi connectivity index (χ2v) is 5.80. The minimum Gasteiger partial charge on any atom is -0.457 e. The SMILES string of the molecule is C=CCOC(=O)c1[nH]c2c(c1C)C(=O)C[C@@H](c1ccccc1)C2. The number of aromatic amines is 1. The zero-order valence-corrected chi connectivity index (χ0v) is 13.1. The fraction of sp³-hybridized carbons (Fsp3) is 0.263. The second kappa shape index (κ2) is 6.24. The minimum atomic E-state index is -0.444. The maximum Gasteiger partial charge on any atom is 0.355 e. The van der Waals surface area contributed by atoms with Crippen LogP contribution in [0.4, 0.5) is 0 Å². The lowest BCUT2D eigenvalue weighted by atomic mass is 9.81. The Hall–Kier alpha value is -2.62. The number of Topliss-reactive ketones (excluding diaryl/α,β-unsaturated/α-hetero) is 1. The molecule has 0 amide bonds. The highest BCUT2D eigenvalue weighted by molar-refractivity contribution is 6.03. The first-order valence-corrected chi connectivity index (χ1v) is 7.69. The summed E-state index contributed by atoms with van der Waals surface area (Å²) >= 11 is 0. The van der Waals surface area contributed by atoms with Crippen molar-refractivity contribution in [2.24, 2.45) is 0 Å². The fourth-order valence-electron chi connectivity index (χ4n) is 3.21. The van der Waals surface area contributed by atoms with E-state index in [9.17, 15) is 9.59 Å². The average molecular weight is 309 g/mol. The molecule has 0 spiro atoms. The molecular weight excluding hydrogens is 290 g/mol. The number of hydrogen-bond donors (Lipinski definition) is 1. The topological polar surface area (TPSA) is 59.2 Å². The Morgan fingerprint density at radius 3 is 2.78 bits per heavy atom. The van der Waals surface area contributed by atoms with E-state index < -0.39 is 5.97 Å². The largest absolute Gasteiger partial charge is 0.457 e. The minimum absolute atomic E-state index is 0.0802. The lowest BCUT2D eigenvalue weighted by Gasteiger charge is -2.22. The Bertz CT molecular complexity index is 758. The summed E-state index contributed by atoms with van der Waals surface area (Å²) in [6, 6.07) is 10.0. The molecule has 118 valence electrons. The van der Waals surface area contributed by atoms with Gasteiger partial charge in [-0.15, -0.1) is 0 Å². The molecule has 0 radical (unpaired) electrons. The van der Waals surface area contributed by atoms with Gasteiger partial charge in [-0.2, -0.15) is 0 Å². The number of carbonyl (C=O) groups excluding carboxylic acids is 2. The number of ether oxygens (including phenoxy) is 1. The monoisotopic (exact) mass is 309 g/mol. The van der Waals surface area contributed by atoms with Crippen LogP contribution in [0.5, 0.6) is 0 Å². The smallest absolute Gasteiger partial charge is 0.355 e. The predicted molar refractivity (Wildman–Crippen MR) is 87.8 cm³/mol. The molecule has 0 saturated heterocycles. The highest BCUT2D eigenvalue weighted by Crippen LogP contribution is 2.35. The van der Waals surface area contributed by atoms with Gasteiger partial charge in [0.2, 0.25) is 0 Å². The highest BCUT2D eigenvalue weighted by atomic mass is 16.5. The molecule has 4 heteroatoms. The molecule has 0 saturated carbocycles. The van der Waals surface area contributed by atoms with Gasteiger partial charge in [-0.25, -0.2) is 4.79 Å². The Morgan fingerprint density at radius 1 is 1.35 bits per heavy atom. The van der Waals surface area contributed by atoms with Crippen molar-refractivity contribution in [3.8, 4) is 0 Å². The van der Waals surface area contributed by atoms with Gasteiger partial charge in [-0.3, -0.25) is 4.79 Å². The van der Waals surface area contributed by atoms with Gasteiger partial charge in [0.05, 0.1) is 0 Å². The highest BCUT2D eigenvalue weighted by Gasteiger charge is 2.32. The summed E-state index contributed by atoms with van der Waals surface area (Å²) in [5, 5.41) is 0. The maximum atomic E-state index is 12.6. The fourth-order valence-corrected chi connectivity index (χ4v) is 3.21. The van der Waals surface area contributed by atoms with Crippen molar-refractivity contribution in [2.75, 3.05) is 6.61 Å². The van der Waals surface area contributed by atoms with Crippen LogP contribution in [0, 0.1) is 6.92 Å².